The molecule has 1 aromatic rings. The lowest BCUT2D eigenvalue weighted by Gasteiger charge is -1.92. The number of ketones is 1. The van der Waals surface area contributed by atoms with Gasteiger partial charge < -0.3 is 0 Å². The van der Waals surface area contributed by atoms with E-state index < -0.39 is 0 Å². The quantitative estimate of drug-likeness (QED) is 0.463. The Kier molecular flexibility index (Phi) is 2.40. The summed E-state index contributed by atoms with van der Waals surface area (Å²) in [5.41, 5.74) is 0.623. The molecule has 1 rings (SSSR count). The predicted molar refractivity (Wildman–Crippen MR) is 42.0 cm³/mol. The van der Waals surface area contributed by atoms with Crippen LogP contribution in [0.3, 0.4) is 0 Å². The molecular formula is C9H7NO. The SMILES string of the molecule is C#CCC(=O)c1ccncc1. The third-order valence-electron chi connectivity index (χ3n) is 1.26. The molecule has 1 heterocycles. The topological polar surface area (TPSA) is 30.0 Å². The van der Waals surface area contributed by atoms with Gasteiger partial charge in [-0.2, -0.15) is 0 Å². The number of carbonyl (C=O) groups is 1. The van der Waals surface area contributed by atoms with Crippen LogP contribution in [-0.4, -0.2) is 10.8 Å². The maximum Gasteiger partial charge on any atom is 0.174 e. The minimum atomic E-state index is -0.0325. The summed E-state index contributed by atoms with van der Waals surface area (Å²) in [5.74, 6) is 2.26. The van der Waals surface area contributed by atoms with Crippen molar-refractivity contribution in [3.8, 4) is 12.3 Å². The van der Waals surface area contributed by atoms with Crippen molar-refractivity contribution in [1.82, 2.24) is 4.98 Å². The van der Waals surface area contributed by atoms with E-state index in [-0.39, 0.29) is 12.2 Å². The Bertz CT molecular complexity index is 284. The fraction of sp³-hybridized carbons (Fsp3) is 0.111. The van der Waals surface area contributed by atoms with Gasteiger partial charge in [0.2, 0.25) is 0 Å². The maximum absolute atomic E-state index is 11.1. The summed E-state index contributed by atoms with van der Waals surface area (Å²) >= 11 is 0. The van der Waals surface area contributed by atoms with Gasteiger partial charge in [-0.15, -0.1) is 6.42 Å². The summed E-state index contributed by atoms with van der Waals surface area (Å²) in [7, 11) is 0. The normalized spacial score (nSPS) is 8.64. The summed E-state index contributed by atoms with van der Waals surface area (Å²) in [5, 5.41) is 0. The van der Waals surface area contributed by atoms with Gasteiger partial charge in [0.05, 0.1) is 6.42 Å². The zero-order chi connectivity index (χ0) is 8.10. The van der Waals surface area contributed by atoms with Crippen LogP contribution in [0.1, 0.15) is 16.8 Å². The highest BCUT2D eigenvalue weighted by Gasteiger charge is 2.00. The highest BCUT2D eigenvalue weighted by Crippen LogP contribution is 1.99. The summed E-state index contributed by atoms with van der Waals surface area (Å²) < 4.78 is 0. The minimum Gasteiger partial charge on any atom is -0.293 e. The minimum absolute atomic E-state index is 0.0325. The summed E-state index contributed by atoms with van der Waals surface area (Å²) in [4.78, 5) is 14.9. The van der Waals surface area contributed by atoms with E-state index in [4.69, 9.17) is 6.42 Å². The van der Waals surface area contributed by atoms with Crippen molar-refractivity contribution < 1.29 is 4.79 Å². The second kappa shape index (κ2) is 3.52. The molecule has 2 nitrogen and oxygen atoms in total. The van der Waals surface area contributed by atoms with Crippen LogP contribution in [0.5, 0.6) is 0 Å². The monoisotopic (exact) mass is 145 g/mol. The van der Waals surface area contributed by atoms with Crippen molar-refractivity contribution in [2.45, 2.75) is 6.42 Å². The van der Waals surface area contributed by atoms with E-state index in [1.54, 1.807) is 24.5 Å². The highest BCUT2D eigenvalue weighted by atomic mass is 16.1. The molecule has 0 aromatic carbocycles. The molecule has 0 saturated carbocycles. The highest BCUT2D eigenvalue weighted by molar-refractivity contribution is 5.97. The van der Waals surface area contributed by atoms with Gasteiger partial charge in [0.25, 0.3) is 0 Å². The average molecular weight is 145 g/mol. The molecule has 0 aliphatic heterocycles. The first-order valence-corrected chi connectivity index (χ1v) is 3.21. The summed E-state index contributed by atoms with van der Waals surface area (Å²) in [6.45, 7) is 0. The third kappa shape index (κ3) is 1.91. The van der Waals surface area contributed by atoms with Crippen molar-refractivity contribution in [2.24, 2.45) is 0 Å². The Hall–Kier alpha value is -1.62. The second-order valence-electron chi connectivity index (χ2n) is 2.04. The van der Waals surface area contributed by atoms with Gasteiger partial charge in [-0.05, 0) is 12.1 Å². The number of terminal acetylenes is 1. The molecule has 0 radical (unpaired) electrons. The van der Waals surface area contributed by atoms with E-state index in [0.29, 0.717) is 5.56 Å². The van der Waals surface area contributed by atoms with Crippen molar-refractivity contribution in [3.05, 3.63) is 30.1 Å². The number of carbonyl (C=O) groups excluding carboxylic acids is 1. The summed E-state index contributed by atoms with van der Waals surface area (Å²) in [6, 6.07) is 3.30. The van der Waals surface area contributed by atoms with Crippen molar-refractivity contribution >= 4 is 5.78 Å². The van der Waals surface area contributed by atoms with E-state index in [9.17, 15) is 4.79 Å². The van der Waals surface area contributed by atoms with Gasteiger partial charge in [-0.25, -0.2) is 0 Å². The molecule has 2 heteroatoms. The van der Waals surface area contributed by atoms with Crippen LogP contribution in [0.4, 0.5) is 0 Å². The average Bonchev–Trinajstić information content (AvgIpc) is 2.07. The maximum atomic E-state index is 11.1. The second-order valence-corrected chi connectivity index (χ2v) is 2.04. The first-order chi connectivity index (χ1) is 5.34. The first kappa shape index (κ1) is 7.49. The number of hydrogen-bond acceptors (Lipinski definition) is 2. The van der Waals surface area contributed by atoms with Gasteiger partial charge in [-0.3, -0.25) is 9.78 Å². The van der Waals surface area contributed by atoms with E-state index in [2.05, 4.69) is 10.9 Å². The molecule has 11 heavy (non-hydrogen) atoms. The first-order valence-electron chi connectivity index (χ1n) is 3.21. The van der Waals surface area contributed by atoms with E-state index >= 15 is 0 Å². The van der Waals surface area contributed by atoms with E-state index in [1.807, 2.05) is 0 Å². The van der Waals surface area contributed by atoms with Crippen LogP contribution in [0.25, 0.3) is 0 Å². The van der Waals surface area contributed by atoms with E-state index in [0.717, 1.165) is 0 Å². The lowest BCUT2D eigenvalue weighted by Crippen LogP contribution is -1.96. The molecule has 0 N–H and O–H groups in total. The van der Waals surface area contributed by atoms with Gasteiger partial charge in [0.15, 0.2) is 5.78 Å². The van der Waals surface area contributed by atoms with Crippen molar-refractivity contribution in [1.29, 1.82) is 0 Å². The molecule has 54 valence electrons. The largest absolute Gasteiger partial charge is 0.293 e. The lowest BCUT2D eigenvalue weighted by molar-refractivity contribution is 0.0998. The molecule has 0 aliphatic carbocycles. The Labute approximate surface area is 65.3 Å². The van der Waals surface area contributed by atoms with Gasteiger partial charge in [0.1, 0.15) is 0 Å². The molecule has 0 unspecified atom stereocenters. The Morgan fingerprint density at radius 1 is 1.55 bits per heavy atom. The van der Waals surface area contributed by atoms with Crippen LogP contribution in [0.2, 0.25) is 0 Å². The van der Waals surface area contributed by atoms with Gasteiger partial charge in [0, 0.05) is 18.0 Å². The number of Topliss-reactive ketones (excluding diaryl/α,β-unsaturated/α-hetero) is 1. The zero-order valence-corrected chi connectivity index (χ0v) is 5.95. The van der Waals surface area contributed by atoms with Crippen LogP contribution < -0.4 is 0 Å². The standard InChI is InChI=1S/C9H7NO/c1-2-3-9(11)8-4-6-10-7-5-8/h1,4-7H,3H2. The number of hydrogen-bond donors (Lipinski definition) is 0. The Balaban J connectivity index is 2.79. The van der Waals surface area contributed by atoms with Gasteiger partial charge in [-0.1, -0.05) is 5.92 Å². The van der Waals surface area contributed by atoms with Crippen LogP contribution in [0, 0.1) is 12.3 Å². The molecule has 0 bridgehead atoms. The Morgan fingerprint density at radius 2 is 2.18 bits per heavy atom. The smallest absolute Gasteiger partial charge is 0.174 e. The number of nitrogens with zero attached hydrogens (tertiary/aromatic N) is 1. The molecule has 0 spiro atoms. The number of rotatable bonds is 2. The molecule has 0 aliphatic rings. The molecule has 1 aromatic heterocycles. The molecular weight excluding hydrogens is 138 g/mol. The van der Waals surface area contributed by atoms with Crippen LogP contribution >= 0.6 is 0 Å². The van der Waals surface area contributed by atoms with Crippen LogP contribution in [0.15, 0.2) is 24.5 Å². The molecule has 0 saturated heterocycles. The third-order valence-corrected chi connectivity index (χ3v) is 1.26. The van der Waals surface area contributed by atoms with E-state index in [1.165, 1.54) is 0 Å². The van der Waals surface area contributed by atoms with Gasteiger partial charge >= 0.3 is 0 Å². The summed E-state index contributed by atoms with van der Waals surface area (Å²) in [6.07, 6.45) is 8.28. The molecule has 0 fully saturated rings. The molecule has 0 amide bonds. The number of pyridine rings is 1. The molecule has 0 atom stereocenters. The zero-order valence-electron chi connectivity index (χ0n) is 5.95. The fourth-order valence-corrected chi connectivity index (χ4v) is 0.733. The van der Waals surface area contributed by atoms with Crippen molar-refractivity contribution in [3.63, 3.8) is 0 Å². The number of aromatic nitrogens is 1. The predicted octanol–water partition coefficient (Wildman–Crippen LogP) is 1.29. The van der Waals surface area contributed by atoms with Crippen molar-refractivity contribution in [2.75, 3.05) is 0 Å². The lowest BCUT2D eigenvalue weighted by atomic mass is 10.1. The van der Waals surface area contributed by atoms with Crippen LogP contribution in [-0.2, 0) is 0 Å². The Morgan fingerprint density at radius 3 is 2.73 bits per heavy atom. The fourth-order valence-electron chi connectivity index (χ4n) is 0.733.